The molecular weight excluding hydrogens is 234 g/mol. The Morgan fingerprint density at radius 2 is 2.05 bits per heavy atom. The fourth-order valence-electron chi connectivity index (χ4n) is 3.64. The zero-order valence-electron chi connectivity index (χ0n) is 12.4. The van der Waals surface area contributed by atoms with Gasteiger partial charge in [-0.3, -0.25) is 0 Å². The fourth-order valence-corrected chi connectivity index (χ4v) is 3.64. The van der Waals surface area contributed by atoms with Crippen molar-refractivity contribution >= 4 is 0 Å². The first-order valence-corrected chi connectivity index (χ1v) is 8.02. The molecule has 0 aromatic carbocycles. The average molecular weight is 261 g/mol. The van der Waals surface area contributed by atoms with Crippen LogP contribution in [0.25, 0.3) is 0 Å². The highest BCUT2D eigenvalue weighted by atomic mass is 16.3. The van der Waals surface area contributed by atoms with Gasteiger partial charge in [0.15, 0.2) is 0 Å². The third kappa shape index (κ3) is 2.89. The SMILES string of the molecule is CCC1(CNCc2ccc(C3CC3C)o2)CCCC1. The molecule has 0 aliphatic heterocycles. The van der Waals surface area contributed by atoms with E-state index in [1.807, 2.05) is 0 Å². The van der Waals surface area contributed by atoms with Crippen LogP contribution in [0, 0.1) is 11.3 Å². The Bertz CT molecular complexity index is 417. The Morgan fingerprint density at radius 3 is 2.68 bits per heavy atom. The largest absolute Gasteiger partial charge is 0.464 e. The second-order valence-corrected chi connectivity index (χ2v) is 6.79. The smallest absolute Gasteiger partial charge is 0.117 e. The summed E-state index contributed by atoms with van der Waals surface area (Å²) in [6, 6.07) is 4.33. The average Bonchev–Trinajstić information content (AvgIpc) is 2.87. The molecule has 3 rings (SSSR count). The number of hydrogen-bond acceptors (Lipinski definition) is 2. The molecule has 2 unspecified atom stereocenters. The van der Waals surface area contributed by atoms with Gasteiger partial charge < -0.3 is 9.73 Å². The molecule has 0 amide bonds. The maximum absolute atomic E-state index is 5.95. The van der Waals surface area contributed by atoms with E-state index in [2.05, 4.69) is 31.3 Å². The quantitative estimate of drug-likeness (QED) is 0.817. The van der Waals surface area contributed by atoms with Crippen LogP contribution in [0.15, 0.2) is 16.5 Å². The molecule has 0 radical (unpaired) electrons. The lowest BCUT2D eigenvalue weighted by Crippen LogP contribution is -2.31. The van der Waals surface area contributed by atoms with Gasteiger partial charge in [-0.15, -0.1) is 0 Å². The molecule has 2 aliphatic rings. The van der Waals surface area contributed by atoms with Gasteiger partial charge in [0.1, 0.15) is 11.5 Å². The summed E-state index contributed by atoms with van der Waals surface area (Å²) in [5.41, 5.74) is 0.570. The van der Waals surface area contributed by atoms with E-state index >= 15 is 0 Å². The van der Waals surface area contributed by atoms with Crippen molar-refractivity contribution in [3.05, 3.63) is 23.7 Å². The van der Waals surface area contributed by atoms with Crippen LogP contribution in [0.1, 0.15) is 69.8 Å². The standard InChI is InChI=1S/C17H27NO/c1-3-17(8-4-5-9-17)12-18-11-14-6-7-16(19-14)15-10-13(15)2/h6-7,13,15,18H,3-5,8-12H2,1-2H3. The van der Waals surface area contributed by atoms with Crippen LogP contribution in [0.3, 0.4) is 0 Å². The van der Waals surface area contributed by atoms with Crippen molar-refractivity contribution in [3.63, 3.8) is 0 Å². The highest BCUT2D eigenvalue weighted by Crippen LogP contribution is 2.47. The predicted molar refractivity (Wildman–Crippen MR) is 78.1 cm³/mol. The normalized spacial score (nSPS) is 28.7. The van der Waals surface area contributed by atoms with Gasteiger partial charge in [0.25, 0.3) is 0 Å². The van der Waals surface area contributed by atoms with Gasteiger partial charge in [-0.1, -0.05) is 26.7 Å². The summed E-state index contributed by atoms with van der Waals surface area (Å²) in [5.74, 6) is 3.84. The molecule has 2 fully saturated rings. The third-order valence-electron chi connectivity index (χ3n) is 5.37. The second-order valence-electron chi connectivity index (χ2n) is 6.79. The summed E-state index contributed by atoms with van der Waals surface area (Å²) in [6.07, 6.45) is 8.25. The topological polar surface area (TPSA) is 25.2 Å². The van der Waals surface area contributed by atoms with E-state index in [0.717, 1.165) is 24.8 Å². The number of rotatable bonds is 6. The van der Waals surface area contributed by atoms with Crippen molar-refractivity contribution in [1.82, 2.24) is 5.32 Å². The summed E-state index contributed by atoms with van der Waals surface area (Å²) < 4.78 is 5.95. The molecule has 1 heterocycles. The van der Waals surface area contributed by atoms with Gasteiger partial charge in [0.2, 0.25) is 0 Å². The van der Waals surface area contributed by atoms with Crippen molar-refractivity contribution in [3.8, 4) is 0 Å². The molecule has 0 saturated heterocycles. The fraction of sp³-hybridized carbons (Fsp3) is 0.765. The minimum Gasteiger partial charge on any atom is -0.464 e. The maximum atomic E-state index is 5.95. The van der Waals surface area contributed by atoms with Crippen LogP contribution >= 0.6 is 0 Å². The molecular formula is C17H27NO. The molecule has 1 N–H and O–H groups in total. The molecule has 19 heavy (non-hydrogen) atoms. The Balaban J connectivity index is 1.48. The summed E-state index contributed by atoms with van der Waals surface area (Å²) in [4.78, 5) is 0. The number of hydrogen-bond donors (Lipinski definition) is 1. The zero-order valence-corrected chi connectivity index (χ0v) is 12.4. The predicted octanol–water partition coefficient (Wildman–Crippen LogP) is 4.46. The summed E-state index contributed by atoms with van der Waals surface area (Å²) in [5, 5.41) is 3.63. The van der Waals surface area contributed by atoms with Crippen LogP contribution in [0.2, 0.25) is 0 Å². The van der Waals surface area contributed by atoms with Crippen molar-refractivity contribution in [1.29, 1.82) is 0 Å². The van der Waals surface area contributed by atoms with E-state index in [1.54, 1.807) is 0 Å². The first kappa shape index (κ1) is 13.2. The number of nitrogens with one attached hydrogen (secondary N) is 1. The minimum absolute atomic E-state index is 0.570. The van der Waals surface area contributed by atoms with Gasteiger partial charge in [-0.2, -0.15) is 0 Å². The van der Waals surface area contributed by atoms with E-state index in [1.165, 1.54) is 44.3 Å². The molecule has 1 aromatic heterocycles. The van der Waals surface area contributed by atoms with Crippen molar-refractivity contribution in [2.45, 2.75) is 64.8 Å². The van der Waals surface area contributed by atoms with Gasteiger partial charge in [0.05, 0.1) is 6.54 Å². The Morgan fingerprint density at radius 1 is 1.32 bits per heavy atom. The van der Waals surface area contributed by atoms with E-state index in [4.69, 9.17) is 4.42 Å². The lowest BCUT2D eigenvalue weighted by Gasteiger charge is -2.27. The Labute approximate surface area is 117 Å². The lowest BCUT2D eigenvalue weighted by molar-refractivity contribution is 0.264. The Kier molecular flexibility index (Phi) is 3.70. The third-order valence-corrected chi connectivity index (χ3v) is 5.37. The molecule has 2 aliphatic carbocycles. The van der Waals surface area contributed by atoms with Crippen LogP contribution < -0.4 is 5.32 Å². The summed E-state index contributed by atoms with van der Waals surface area (Å²) in [7, 11) is 0. The van der Waals surface area contributed by atoms with Crippen LogP contribution in [0.4, 0.5) is 0 Å². The highest BCUT2D eigenvalue weighted by molar-refractivity contribution is 5.17. The lowest BCUT2D eigenvalue weighted by atomic mass is 9.83. The zero-order chi connectivity index (χ0) is 13.3. The molecule has 2 heteroatoms. The van der Waals surface area contributed by atoms with E-state index in [0.29, 0.717) is 11.3 Å². The van der Waals surface area contributed by atoms with Crippen molar-refractivity contribution in [2.75, 3.05) is 6.54 Å². The molecule has 106 valence electrons. The maximum Gasteiger partial charge on any atom is 0.117 e. The van der Waals surface area contributed by atoms with Gasteiger partial charge >= 0.3 is 0 Å². The second kappa shape index (κ2) is 5.32. The molecule has 2 nitrogen and oxygen atoms in total. The molecule has 0 spiro atoms. The Hall–Kier alpha value is -0.760. The van der Waals surface area contributed by atoms with E-state index in [-0.39, 0.29) is 0 Å². The molecule has 2 saturated carbocycles. The number of furan rings is 1. The molecule has 2 atom stereocenters. The van der Waals surface area contributed by atoms with Gasteiger partial charge in [-0.05, 0) is 49.1 Å². The van der Waals surface area contributed by atoms with E-state index in [9.17, 15) is 0 Å². The summed E-state index contributed by atoms with van der Waals surface area (Å²) >= 11 is 0. The first-order valence-electron chi connectivity index (χ1n) is 8.02. The van der Waals surface area contributed by atoms with Crippen LogP contribution in [0.5, 0.6) is 0 Å². The van der Waals surface area contributed by atoms with Crippen LogP contribution in [-0.2, 0) is 6.54 Å². The van der Waals surface area contributed by atoms with Gasteiger partial charge in [-0.25, -0.2) is 0 Å². The highest BCUT2D eigenvalue weighted by Gasteiger charge is 2.36. The molecule has 1 aromatic rings. The minimum atomic E-state index is 0.570. The first-order chi connectivity index (χ1) is 9.22. The van der Waals surface area contributed by atoms with Gasteiger partial charge in [0, 0.05) is 12.5 Å². The van der Waals surface area contributed by atoms with Crippen molar-refractivity contribution in [2.24, 2.45) is 11.3 Å². The monoisotopic (exact) mass is 261 g/mol. The summed E-state index contributed by atoms with van der Waals surface area (Å²) in [6.45, 7) is 6.69. The van der Waals surface area contributed by atoms with Crippen molar-refractivity contribution < 1.29 is 4.42 Å². The molecule has 0 bridgehead atoms. The van der Waals surface area contributed by atoms with Crippen LogP contribution in [-0.4, -0.2) is 6.54 Å². The van der Waals surface area contributed by atoms with E-state index < -0.39 is 0 Å².